The summed E-state index contributed by atoms with van der Waals surface area (Å²) in [6.45, 7) is 5.15. The van der Waals surface area contributed by atoms with Crippen LogP contribution in [0.25, 0.3) is 0 Å². The number of anilines is 4. The predicted molar refractivity (Wildman–Crippen MR) is 138 cm³/mol. The molecule has 0 amide bonds. The maximum Gasteiger partial charge on any atom is 0.232 e. The zero-order chi connectivity index (χ0) is 24.2. The molecule has 0 bridgehead atoms. The SMILES string of the molecule is c1ccc(Cc2cnc(N3CCN(c4ncnc(Nc5cnn([C@@H]6CCNC6)c5)n4)CC3)nc2)cc1. The van der Waals surface area contributed by atoms with Gasteiger partial charge in [0.15, 0.2) is 0 Å². The van der Waals surface area contributed by atoms with E-state index in [2.05, 4.69) is 74.7 Å². The second-order valence-corrected chi connectivity index (χ2v) is 9.12. The molecule has 5 heterocycles. The lowest BCUT2D eigenvalue weighted by molar-refractivity contribution is 0.491. The van der Waals surface area contributed by atoms with Gasteiger partial charge in [-0.3, -0.25) is 4.68 Å². The number of nitrogens with zero attached hydrogens (tertiary/aromatic N) is 9. The summed E-state index contributed by atoms with van der Waals surface area (Å²) in [4.78, 5) is 27.0. The van der Waals surface area contributed by atoms with Crippen LogP contribution < -0.4 is 20.4 Å². The summed E-state index contributed by atoms with van der Waals surface area (Å²) in [6, 6.07) is 10.8. The standard InChI is InChI=1S/C25H29N11/c1-2-4-19(5-3-1)12-20-13-27-24(28-14-20)34-8-10-35(11-9-34)25-30-18-29-23(33-25)32-21-15-31-36(17-21)22-6-7-26-16-22/h1-5,13-15,17-18,22,26H,6-12,16H2,(H,29,30,32,33)/t22-/m1/s1. The molecule has 1 atom stereocenters. The van der Waals surface area contributed by atoms with Crippen LogP contribution in [0.4, 0.5) is 23.5 Å². The molecule has 1 aromatic carbocycles. The Balaban J connectivity index is 1.04. The third-order valence-corrected chi connectivity index (χ3v) is 6.61. The summed E-state index contributed by atoms with van der Waals surface area (Å²) in [5, 5.41) is 11.1. The number of piperazine rings is 1. The van der Waals surface area contributed by atoms with Crippen LogP contribution in [-0.2, 0) is 6.42 Å². The number of hydrogen-bond donors (Lipinski definition) is 2. The summed E-state index contributed by atoms with van der Waals surface area (Å²) < 4.78 is 2.00. The highest BCUT2D eigenvalue weighted by molar-refractivity contribution is 5.52. The molecule has 184 valence electrons. The lowest BCUT2D eigenvalue weighted by Gasteiger charge is -2.34. The summed E-state index contributed by atoms with van der Waals surface area (Å²) in [6.07, 6.45) is 11.1. The number of nitrogens with one attached hydrogen (secondary N) is 2. The largest absolute Gasteiger partial charge is 0.337 e. The molecular weight excluding hydrogens is 454 g/mol. The fraction of sp³-hybridized carbons (Fsp3) is 0.360. The monoisotopic (exact) mass is 483 g/mol. The zero-order valence-electron chi connectivity index (χ0n) is 20.0. The zero-order valence-corrected chi connectivity index (χ0v) is 20.0. The highest BCUT2D eigenvalue weighted by Gasteiger charge is 2.22. The number of aromatic nitrogens is 7. The van der Waals surface area contributed by atoms with Crippen LogP contribution in [0.15, 0.2) is 61.4 Å². The van der Waals surface area contributed by atoms with Gasteiger partial charge in [-0.05, 0) is 24.1 Å². The maximum atomic E-state index is 4.64. The number of benzene rings is 1. The molecule has 0 spiro atoms. The van der Waals surface area contributed by atoms with Crippen molar-refractivity contribution >= 4 is 23.5 Å². The molecule has 2 aliphatic heterocycles. The van der Waals surface area contributed by atoms with Crippen molar-refractivity contribution in [1.29, 1.82) is 0 Å². The Morgan fingerprint density at radius 2 is 1.64 bits per heavy atom. The van der Waals surface area contributed by atoms with Gasteiger partial charge in [-0.2, -0.15) is 10.1 Å². The quantitative estimate of drug-likeness (QED) is 0.405. The molecule has 0 radical (unpaired) electrons. The summed E-state index contributed by atoms with van der Waals surface area (Å²) >= 11 is 0. The second kappa shape index (κ2) is 10.2. The van der Waals surface area contributed by atoms with Gasteiger partial charge in [0.2, 0.25) is 17.8 Å². The lowest BCUT2D eigenvalue weighted by atomic mass is 10.1. The van der Waals surface area contributed by atoms with E-state index in [9.17, 15) is 0 Å². The molecule has 2 aliphatic rings. The minimum absolute atomic E-state index is 0.398. The van der Waals surface area contributed by atoms with Gasteiger partial charge in [0.05, 0.1) is 17.9 Å². The smallest absolute Gasteiger partial charge is 0.232 e. The Bertz CT molecular complexity index is 1260. The van der Waals surface area contributed by atoms with Crippen molar-refractivity contribution in [2.75, 3.05) is 54.4 Å². The van der Waals surface area contributed by atoms with Crippen molar-refractivity contribution in [1.82, 2.24) is 40.0 Å². The van der Waals surface area contributed by atoms with Gasteiger partial charge in [0.1, 0.15) is 6.33 Å². The van der Waals surface area contributed by atoms with Crippen LogP contribution >= 0.6 is 0 Å². The first-order chi connectivity index (χ1) is 17.8. The first-order valence-corrected chi connectivity index (χ1v) is 12.4. The molecule has 6 rings (SSSR count). The van der Waals surface area contributed by atoms with Gasteiger partial charge in [-0.15, -0.1) is 0 Å². The molecule has 2 fully saturated rings. The van der Waals surface area contributed by atoms with Crippen LogP contribution in [0.1, 0.15) is 23.6 Å². The second-order valence-electron chi connectivity index (χ2n) is 9.12. The molecule has 2 N–H and O–H groups in total. The highest BCUT2D eigenvalue weighted by Crippen LogP contribution is 2.20. The Morgan fingerprint density at radius 3 is 2.39 bits per heavy atom. The summed E-state index contributed by atoms with van der Waals surface area (Å²) in [7, 11) is 0. The van der Waals surface area contributed by atoms with Crippen LogP contribution in [0, 0.1) is 0 Å². The molecule has 11 nitrogen and oxygen atoms in total. The normalized spacial score (nSPS) is 17.9. The Morgan fingerprint density at radius 1 is 0.861 bits per heavy atom. The van der Waals surface area contributed by atoms with Gasteiger partial charge in [0.25, 0.3) is 0 Å². The predicted octanol–water partition coefficient (Wildman–Crippen LogP) is 2.05. The molecule has 2 saturated heterocycles. The van der Waals surface area contributed by atoms with Gasteiger partial charge in [0, 0.05) is 57.7 Å². The van der Waals surface area contributed by atoms with E-state index in [1.807, 2.05) is 35.5 Å². The molecule has 0 saturated carbocycles. The topological polar surface area (TPSA) is 113 Å². The van der Waals surface area contributed by atoms with Crippen molar-refractivity contribution in [3.8, 4) is 0 Å². The van der Waals surface area contributed by atoms with E-state index in [-0.39, 0.29) is 0 Å². The fourth-order valence-electron chi connectivity index (χ4n) is 4.64. The van der Waals surface area contributed by atoms with Gasteiger partial charge in [-0.1, -0.05) is 30.3 Å². The van der Waals surface area contributed by atoms with E-state index >= 15 is 0 Å². The van der Waals surface area contributed by atoms with Gasteiger partial charge in [-0.25, -0.2) is 19.9 Å². The molecular formula is C25H29N11. The van der Waals surface area contributed by atoms with Crippen molar-refractivity contribution < 1.29 is 0 Å². The third-order valence-electron chi connectivity index (χ3n) is 6.61. The molecule has 3 aromatic heterocycles. The van der Waals surface area contributed by atoms with E-state index < -0.39 is 0 Å². The van der Waals surface area contributed by atoms with E-state index in [1.165, 1.54) is 5.56 Å². The van der Waals surface area contributed by atoms with E-state index in [1.54, 1.807) is 6.33 Å². The molecule has 11 heteroatoms. The minimum atomic E-state index is 0.398. The van der Waals surface area contributed by atoms with Gasteiger partial charge >= 0.3 is 0 Å². The average molecular weight is 484 g/mol. The molecule has 0 unspecified atom stereocenters. The van der Waals surface area contributed by atoms with E-state index in [0.29, 0.717) is 17.9 Å². The van der Waals surface area contributed by atoms with Crippen LogP contribution in [0.5, 0.6) is 0 Å². The fourth-order valence-corrected chi connectivity index (χ4v) is 4.64. The minimum Gasteiger partial charge on any atom is -0.337 e. The first-order valence-electron chi connectivity index (χ1n) is 12.4. The summed E-state index contributed by atoms with van der Waals surface area (Å²) in [5.41, 5.74) is 3.24. The number of rotatable bonds is 7. The first kappa shape index (κ1) is 22.4. The lowest BCUT2D eigenvalue weighted by Crippen LogP contribution is -2.47. The summed E-state index contributed by atoms with van der Waals surface area (Å²) in [5.74, 6) is 1.95. The van der Waals surface area contributed by atoms with Gasteiger partial charge < -0.3 is 20.4 Å². The Kier molecular flexibility index (Phi) is 6.36. The van der Waals surface area contributed by atoms with E-state index in [0.717, 1.165) is 69.3 Å². The average Bonchev–Trinajstić information content (AvgIpc) is 3.63. The molecule has 0 aliphatic carbocycles. The Labute approximate surface area is 209 Å². The van der Waals surface area contributed by atoms with E-state index in [4.69, 9.17) is 0 Å². The van der Waals surface area contributed by atoms with Crippen LogP contribution in [0.3, 0.4) is 0 Å². The van der Waals surface area contributed by atoms with Crippen molar-refractivity contribution in [3.05, 3.63) is 72.6 Å². The molecule has 36 heavy (non-hydrogen) atoms. The van der Waals surface area contributed by atoms with Crippen LogP contribution in [0.2, 0.25) is 0 Å². The van der Waals surface area contributed by atoms with Crippen LogP contribution in [-0.4, -0.2) is 74.0 Å². The van der Waals surface area contributed by atoms with Crippen molar-refractivity contribution in [2.45, 2.75) is 18.9 Å². The maximum absolute atomic E-state index is 4.64. The van der Waals surface area contributed by atoms with Crippen molar-refractivity contribution in [2.24, 2.45) is 0 Å². The number of hydrogen-bond acceptors (Lipinski definition) is 10. The Hall–Kier alpha value is -4.12. The third kappa shape index (κ3) is 5.10. The highest BCUT2D eigenvalue weighted by atomic mass is 15.4. The molecule has 4 aromatic rings. The van der Waals surface area contributed by atoms with Crippen molar-refractivity contribution in [3.63, 3.8) is 0 Å².